The van der Waals surface area contributed by atoms with Crippen molar-refractivity contribution >= 4 is 0 Å². The lowest BCUT2D eigenvalue weighted by atomic mass is 9.98. The van der Waals surface area contributed by atoms with Crippen LogP contribution in [0.1, 0.15) is 39.5 Å². The average molecular weight is 163 g/mol. The monoisotopic (exact) mass is 163 g/mol. The van der Waals surface area contributed by atoms with Gasteiger partial charge in [-0.15, -0.1) is 0 Å². The first-order valence-electron chi connectivity index (χ1n) is 4.33. The van der Waals surface area contributed by atoms with Crippen LogP contribution in [-0.2, 0) is 0 Å². The van der Waals surface area contributed by atoms with Gasteiger partial charge in [-0.1, -0.05) is 33.1 Å². The van der Waals surface area contributed by atoms with E-state index < -0.39 is 12.3 Å². The van der Waals surface area contributed by atoms with Crippen molar-refractivity contribution in [3.05, 3.63) is 6.42 Å². The molecule has 2 heteroatoms. The van der Waals surface area contributed by atoms with Gasteiger partial charge in [-0.2, -0.15) is 0 Å². The van der Waals surface area contributed by atoms with Gasteiger partial charge in [0.05, 0.1) is 0 Å². The minimum absolute atomic E-state index is 0.472. The predicted molar refractivity (Wildman–Crippen MR) is 43.6 cm³/mol. The highest BCUT2D eigenvalue weighted by Crippen LogP contribution is 2.20. The third-order valence-corrected chi connectivity index (χ3v) is 1.75. The van der Waals surface area contributed by atoms with Crippen LogP contribution in [0.3, 0.4) is 0 Å². The molecule has 0 saturated heterocycles. The number of alkyl halides is 2. The zero-order chi connectivity index (χ0) is 8.69. The molecule has 0 heterocycles. The Morgan fingerprint density at radius 1 is 1.27 bits per heavy atom. The molecule has 0 amide bonds. The Morgan fingerprint density at radius 2 is 1.91 bits per heavy atom. The van der Waals surface area contributed by atoms with E-state index in [1.54, 1.807) is 6.42 Å². The second kappa shape index (κ2) is 6.56. The van der Waals surface area contributed by atoms with E-state index in [4.69, 9.17) is 0 Å². The summed E-state index contributed by atoms with van der Waals surface area (Å²) in [5.41, 5.74) is 0. The molecule has 0 saturated carbocycles. The molecule has 1 radical (unpaired) electrons. The van der Waals surface area contributed by atoms with Crippen LogP contribution in [0.25, 0.3) is 0 Å². The second-order valence-electron chi connectivity index (χ2n) is 2.78. The van der Waals surface area contributed by atoms with E-state index in [1.807, 2.05) is 13.8 Å². The zero-order valence-corrected chi connectivity index (χ0v) is 7.32. The maximum absolute atomic E-state index is 12.2. The summed E-state index contributed by atoms with van der Waals surface area (Å²) in [5.74, 6) is -0.472. The van der Waals surface area contributed by atoms with Gasteiger partial charge in [0.25, 0.3) is 0 Å². The fourth-order valence-corrected chi connectivity index (χ4v) is 1.09. The summed E-state index contributed by atoms with van der Waals surface area (Å²) in [6.45, 7) is 3.93. The van der Waals surface area contributed by atoms with Gasteiger partial charge < -0.3 is 0 Å². The molecule has 0 rings (SSSR count). The molecule has 0 aromatic rings. The van der Waals surface area contributed by atoms with Crippen molar-refractivity contribution in [1.82, 2.24) is 0 Å². The van der Waals surface area contributed by atoms with Gasteiger partial charge in [0.1, 0.15) is 0 Å². The van der Waals surface area contributed by atoms with Crippen molar-refractivity contribution < 1.29 is 8.78 Å². The Balaban J connectivity index is 3.51. The fraction of sp³-hybridized carbons (Fsp3) is 0.889. The molecule has 1 atom stereocenters. The number of unbranched alkanes of at least 4 members (excludes halogenated alkanes) is 1. The third-order valence-electron chi connectivity index (χ3n) is 1.75. The summed E-state index contributed by atoms with van der Waals surface area (Å²) in [6.07, 6.45) is 2.86. The van der Waals surface area contributed by atoms with Crippen LogP contribution in [0.5, 0.6) is 0 Å². The lowest BCUT2D eigenvalue weighted by Gasteiger charge is -2.13. The standard InChI is InChI=1S/C9H17F2/c1-3-5-7-8(6-4-2)9(10)11/h6,8-9H,3-5,7H2,1-2H3. The van der Waals surface area contributed by atoms with Crippen LogP contribution in [0.2, 0.25) is 0 Å². The number of rotatable bonds is 6. The summed E-state index contributed by atoms with van der Waals surface area (Å²) in [7, 11) is 0. The van der Waals surface area contributed by atoms with Crippen LogP contribution in [0.15, 0.2) is 0 Å². The molecule has 1 unspecified atom stereocenters. The van der Waals surface area contributed by atoms with Gasteiger partial charge in [0.2, 0.25) is 6.43 Å². The van der Waals surface area contributed by atoms with Gasteiger partial charge in [-0.25, -0.2) is 8.78 Å². The molecule has 0 aliphatic heterocycles. The Hall–Kier alpha value is -0.140. The van der Waals surface area contributed by atoms with E-state index in [0.717, 1.165) is 19.3 Å². The smallest absolute Gasteiger partial charge is 0.210 e. The van der Waals surface area contributed by atoms with E-state index in [9.17, 15) is 8.78 Å². The Kier molecular flexibility index (Phi) is 6.48. The van der Waals surface area contributed by atoms with E-state index in [1.165, 1.54) is 0 Å². The highest BCUT2D eigenvalue weighted by atomic mass is 19.3. The maximum Gasteiger partial charge on any atom is 0.241 e. The van der Waals surface area contributed by atoms with Crippen LogP contribution in [0.4, 0.5) is 8.78 Å². The van der Waals surface area contributed by atoms with Gasteiger partial charge in [-0.05, 0) is 12.8 Å². The van der Waals surface area contributed by atoms with E-state index >= 15 is 0 Å². The first kappa shape index (κ1) is 10.9. The minimum atomic E-state index is -2.17. The SMILES string of the molecule is CC[CH]C(CCCC)C(F)F. The molecule has 0 bridgehead atoms. The molecule has 0 fully saturated rings. The van der Waals surface area contributed by atoms with Crippen molar-refractivity contribution in [3.63, 3.8) is 0 Å². The molecule has 0 spiro atoms. The van der Waals surface area contributed by atoms with E-state index in [-0.39, 0.29) is 0 Å². The molecule has 0 aliphatic carbocycles. The number of halogens is 2. The predicted octanol–water partition coefficient (Wildman–Crippen LogP) is 3.67. The first-order chi connectivity index (χ1) is 5.22. The summed E-state index contributed by atoms with van der Waals surface area (Å²) in [4.78, 5) is 0. The van der Waals surface area contributed by atoms with E-state index in [2.05, 4.69) is 0 Å². The number of hydrogen-bond donors (Lipinski definition) is 0. The first-order valence-corrected chi connectivity index (χ1v) is 4.33. The molecular formula is C9H17F2. The van der Waals surface area contributed by atoms with Crippen LogP contribution in [-0.4, -0.2) is 6.43 Å². The molecule has 0 nitrogen and oxygen atoms in total. The van der Waals surface area contributed by atoms with Crippen LogP contribution in [0, 0.1) is 12.3 Å². The summed E-state index contributed by atoms with van der Waals surface area (Å²) in [5, 5.41) is 0. The van der Waals surface area contributed by atoms with Crippen LogP contribution < -0.4 is 0 Å². The van der Waals surface area contributed by atoms with Crippen LogP contribution >= 0.6 is 0 Å². The summed E-state index contributed by atoms with van der Waals surface area (Å²) < 4.78 is 24.4. The largest absolute Gasteiger partial charge is 0.241 e. The van der Waals surface area contributed by atoms with Crippen molar-refractivity contribution in [3.8, 4) is 0 Å². The zero-order valence-electron chi connectivity index (χ0n) is 7.32. The summed E-state index contributed by atoms with van der Waals surface area (Å²) in [6, 6.07) is 0. The minimum Gasteiger partial charge on any atom is -0.210 e. The topological polar surface area (TPSA) is 0 Å². The van der Waals surface area contributed by atoms with Crippen molar-refractivity contribution in [1.29, 1.82) is 0 Å². The third kappa shape index (κ3) is 5.16. The highest BCUT2D eigenvalue weighted by molar-refractivity contribution is 4.76. The second-order valence-corrected chi connectivity index (χ2v) is 2.78. The number of hydrogen-bond acceptors (Lipinski definition) is 0. The fourth-order valence-electron chi connectivity index (χ4n) is 1.09. The Bertz CT molecular complexity index is 81.6. The molecule has 0 aromatic heterocycles. The van der Waals surface area contributed by atoms with Gasteiger partial charge in [0, 0.05) is 5.92 Å². The quantitative estimate of drug-likeness (QED) is 0.560. The molecule has 11 heavy (non-hydrogen) atoms. The Morgan fingerprint density at radius 3 is 2.27 bits per heavy atom. The summed E-state index contributed by atoms with van der Waals surface area (Å²) >= 11 is 0. The Labute approximate surface area is 68.0 Å². The van der Waals surface area contributed by atoms with Crippen molar-refractivity contribution in [2.75, 3.05) is 0 Å². The van der Waals surface area contributed by atoms with Crippen molar-refractivity contribution in [2.45, 2.75) is 46.0 Å². The molecule has 0 aromatic carbocycles. The lowest BCUT2D eigenvalue weighted by Crippen LogP contribution is -2.11. The van der Waals surface area contributed by atoms with Gasteiger partial charge in [-0.3, -0.25) is 0 Å². The average Bonchev–Trinajstić information content (AvgIpc) is 1.97. The molecule has 0 N–H and O–H groups in total. The van der Waals surface area contributed by atoms with E-state index in [0.29, 0.717) is 6.42 Å². The maximum atomic E-state index is 12.2. The molecule has 67 valence electrons. The molecular weight excluding hydrogens is 146 g/mol. The highest BCUT2D eigenvalue weighted by Gasteiger charge is 2.18. The lowest BCUT2D eigenvalue weighted by molar-refractivity contribution is 0.0858. The van der Waals surface area contributed by atoms with Crippen molar-refractivity contribution in [2.24, 2.45) is 5.92 Å². The van der Waals surface area contributed by atoms with Gasteiger partial charge >= 0.3 is 0 Å². The van der Waals surface area contributed by atoms with Gasteiger partial charge in [0.15, 0.2) is 0 Å². The molecule has 0 aliphatic rings. The normalized spacial score (nSPS) is 13.9.